The monoisotopic (exact) mass is 417 g/mol. The lowest BCUT2D eigenvalue weighted by atomic mass is 9.78. The summed E-state index contributed by atoms with van der Waals surface area (Å²) in [6, 6.07) is 10.8. The standard InChI is InChI=1S/C22H28ClN3O3/c1-3-26(4-2)15-18-11-12-19(29-18)20(27)24-25-21(28)22(13-5-6-14-22)16-7-9-17(23)10-8-16/h7-12H,3-6,13-15H2,1-2H3,(H,24,27)(H,25,28). The molecule has 0 spiro atoms. The number of benzene rings is 1. The molecule has 7 heteroatoms. The van der Waals surface area contributed by atoms with Crippen molar-refractivity contribution in [3.05, 3.63) is 58.5 Å². The number of furan rings is 1. The van der Waals surface area contributed by atoms with Crippen molar-refractivity contribution in [2.24, 2.45) is 0 Å². The fourth-order valence-corrected chi connectivity index (χ4v) is 4.07. The maximum atomic E-state index is 13.0. The molecule has 0 saturated heterocycles. The number of carbonyl (C=O) groups excluding carboxylic acids is 2. The third kappa shape index (κ3) is 4.82. The number of hydrogen-bond donors (Lipinski definition) is 2. The third-order valence-electron chi connectivity index (χ3n) is 5.74. The Morgan fingerprint density at radius 1 is 1.03 bits per heavy atom. The Balaban J connectivity index is 1.64. The van der Waals surface area contributed by atoms with Gasteiger partial charge in [0.25, 0.3) is 0 Å². The van der Waals surface area contributed by atoms with Gasteiger partial charge in [0.2, 0.25) is 5.91 Å². The molecule has 1 fully saturated rings. The maximum Gasteiger partial charge on any atom is 0.305 e. The van der Waals surface area contributed by atoms with E-state index in [0.717, 1.165) is 50.1 Å². The molecule has 156 valence electrons. The highest BCUT2D eigenvalue weighted by molar-refractivity contribution is 6.30. The average molecular weight is 418 g/mol. The summed E-state index contributed by atoms with van der Waals surface area (Å²) in [7, 11) is 0. The van der Waals surface area contributed by atoms with E-state index in [1.54, 1.807) is 24.3 Å². The van der Waals surface area contributed by atoms with E-state index in [9.17, 15) is 9.59 Å². The number of nitrogens with zero attached hydrogens (tertiary/aromatic N) is 1. The molecule has 29 heavy (non-hydrogen) atoms. The summed E-state index contributed by atoms with van der Waals surface area (Å²) in [5, 5.41) is 0.633. The Kier molecular flexibility index (Phi) is 6.98. The molecule has 1 aromatic heterocycles. The Hall–Kier alpha value is -2.31. The molecule has 6 nitrogen and oxygen atoms in total. The lowest BCUT2D eigenvalue weighted by Crippen LogP contribution is -2.50. The first-order valence-corrected chi connectivity index (χ1v) is 10.5. The normalized spacial score (nSPS) is 15.4. The highest BCUT2D eigenvalue weighted by Crippen LogP contribution is 2.41. The number of hydrogen-bond acceptors (Lipinski definition) is 4. The molecule has 1 aliphatic carbocycles. The third-order valence-corrected chi connectivity index (χ3v) is 5.99. The van der Waals surface area contributed by atoms with Crippen LogP contribution >= 0.6 is 11.6 Å². The molecular weight excluding hydrogens is 390 g/mol. The minimum atomic E-state index is -0.644. The van der Waals surface area contributed by atoms with Crippen molar-refractivity contribution in [3.8, 4) is 0 Å². The zero-order valence-electron chi connectivity index (χ0n) is 17.0. The zero-order chi connectivity index (χ0) is 20.9. The highest BCUT2D eigenvalue weighted by atomic mass is 35.5. The Labute approximate surface area is 176 Å². The highest BCUT2D eigenvalue weighted by Gasteiger charge is 2.42. The molecule has 0 aliphatic heterocycles. The van der Waals surface area contributed by atoms with Crippen LogP contribution in [0.25, 0.3) is 0 Å². The van der Waals surface area contributed by atoms with Gasteiger partial charge in [-0.05, 0) is 55.8 Å². The second kappa shape index (κ2) is 9.46. The molecular formula is C22H28ClN3O3. The molecule has 0 unspecified atom stereocenters. The van der Waals surface area contributed by atoms with E-state index >= 15 is 0 Å². The van der Waals surface area contributed by atoms with Crippen LogP contribution < -0.4 is 10.9 Å². The zero-order valence-corrected chi connectivity index (χ0v) is 17.7. The maximum absolute atomic E-state index is 13.0. The Morgan fingerprint density at radius 3 is 2.31 bits per heavy atom. The van der Waals surface area contributed by atoms with Crippen LogP contribution in [0, 0.1) is 0 Å². The number of rotatable bonds is 7. The smallest absolute Gasteiger partial charge is 0.305 e. The first-order valence-electron chi connectivity index (χ1n) is 10.2. The Morgan fingerprint density at radius 2 is 1.69 bits per heavy atom. The van der Waals surface area contributed by atoms with Crippen LogP contribution in [0.3, 0.4) is 0 Å². The summed E-state index contributed by atoms with van der Waals surface area (Å²) in [6.07, 6.45) is 3.42. The topological polar surface area (TPSA) is 74.6 Å². The van der Waals surface area contributed by atoms with Crippen molar-refractivity contribution in [1.82, 2.24) is 15.8 Å². The SMILES string of the molecule is CCN(CC)Cc1ccc(C(=O)NNC(=O)C2(c3ccc(Cl)cc3)CCCC2)o1. The number of carbonyl (C=O) groups is 2. The largest absolute Gasteiger partial charge is 0.454 e. The van der Waals surface area contributed by atoms with E-state index in [-0.39, 0.29) is 11.7 Å². The van der Waals surface area contributed by atoms with Crippen LogP contribution in [-0.2, 0) is 16.8 Å². The number of amides is 2. The van der Waals surface area contributed by atoms with E-state index in [1.165, 1.54) is 0 Å². The van der Waals surface area contributed by atoms with Gasteiger partial charge in [-0.25, -0.2) is 0 Å². The van der Waals surface area contributed by atoms with Gasteiger partial charge >= 0.3 is 5.91 Å². The van der Waals surface area contributed by atoms with E-state index in [1.807, 2.05) is 12.1 Å². The summed E-state index contributed by atoms with van der Waals surface area (Å²) in [6.45, 7) is 6.61. The molecule has 1 aliphatic rings. The molecule has 0 atom stereocenters. The molecule has 2 N–H and O–H groups in total. The van der Waals surface area contributed by atoms with Crippen LogP contribution in [0.2, 0.25) is 5.02 Å². The van der Waals surface area contributed by atoms with E-state index in [0.29, 0.717) is 11.6 Å². The van der Waals surface area contributed by atoms with Gasteiger partial charge in [-0.1, -0.05) is 50.4 Å². The molecule has 1 saturated carbocycles. The van der Waals surface area contributed by atoms with Crippen molar-refractivity contribution in [1.29, 1.82) is 0 Å². The minimum absolute atomic E-state index is 0.180. The lowest BCUT2D eigenvalue weighted by molar-refractivity contribution is -0.127. The van der Waals surface area contributed by atoms with Crippen LogP contribution in [0.15, 0.2) is 40.8 Å². The molecule has 1 heterocycles. The molecule has 0 radical (unpaired) electrons. The fraction of sp³-hybridized carbons (Fsp3) is 0.455. The molecule has 0 bridgehead atoms. The van der Waals surface area contributed by atoms with E-state index < -0.39 is 11.3 Å². The van der Waals surface area contributed by atoms with E-state index in [2.05, 4.69) is 29.6 Å². The summed E-state index contributed by atoms with van der Waals surface area (Å²) in [5.41, 5.74) is 5.39. The first kappa shape index (κ1) is 21.4. The molecule has 2 amide bonds. The second-order valence-corrected chi connectivity index (χ2v) is 7.87. The second-order valence-electron chi connectivity index (χ2n) is 7.43. The van der Waals surface area contributed by atoms with Crippen molar-refractivity contribution < 1.29 is 14.0 Å². The van der Waals surface area contributed by atoms with Gasteiger partial charge in [0, 0.05) is 5.02 Å². The predicted molar refractivity (Wildman–Crippen MR) is 113 cm³/mol. The minimum Gasteiger partial charge on any atom is -0.454 e. The number of hydrazine groups is 1. The van der Waals surface area contributed by atoms with Gasteiger partial charge in [-0.3, -0.25) is 25.3 Å². The van der Waals surface area contributed by atoms with Crippen LogP contribution in [0.5, 0.6) is 0 Å². The summed E-state index contributed by atoms with van der Waals surface area (Å²) >= 11 is 5.99. The Bertz CT molecular complexity index is 837. The van der Waals surface area contributed by atoms with Gasteiger partial charge in [0.1, 0.15) is 5.76 Å². The molecule has 2 aromatic rings. The average Bonchev–Trinajstić information content (AvgIpc) is 3.41. The van der Waals surface area contributed by atoms with Gasteiger partial charge in [-0.15, -0.1) is 0 Å². The summed E-state index contributed by atoms with van der Waals surface area (Å²) in [5.74, 6) is 0.229. The van der Waals surface area contributed by atoms with Crippen LogP contribution in [0.1, 0.15) is 61.4 Å². The van der Waals surface area contributed by atoms with Crippen molar-refractivity contribution in [3.63, 3.8) is 0 Å². The van der Waals surface area contributed by atoms with Crippen molar-refractivity contribution in [2.75, 3.05) is 13.1 Å². The number of halogens is 1. The first-order chi connectivity index (χ1) is 14.0. The quantitative estimate of drug-likeness (QED) is 0.666. The van der Waals surface area contributed by atoms with Crippen molar-refractivity contribution in [2.45, 2.75) is 51.5 Å². The number of nitrogens with one attached hydrogen (secondary N) is 2. The van der Waals surface area contributed by atoms with E-state index in [4.69, 9.17) is 16.0 Å². The van der Waals surface area contributed by atoms with Gasteiger partial charge in [0.15, 0.2) is 5.76 Å². The van der Waals surface area contributed by atoms with Crippen LogP contribution in [0.4, 0.5) is 0 Å². The summed E-state index contributed by atoms with van der Waals surface area (Å²) in [4.78, 5) is 27.7. The van der Waals surface area contributed by atoms with Gasteiger partial charge in [0.05, 0.1) is 12.0 Å². The molecule has 3 rings (SSSR count). The van der Waals surface area contributed by atoms with Gasteiger partial charge in [-0.2, -0.15) is 0 Å². The van der Waals surface area contributed by atoms with Crippen molar-refractivity contribution >= 4 is 23.4 Å². The predicted octanol–water partition coefficient (Wildman–Crippen LogP) is 4.05. The lowest BCUT2D eigenvalue weighted by Gasteiger charge is -2.28. The molecule has 1 aromatic carbocycles. The summed E-state index contributed by atoms with van der Waals surface area (Å²) < 4.78 is 5.64. The fourth-order valence-electron chi connectivity index (χ4n) is 3.94. The van der Waals surface area contributed by atoms with Gasteiger partial charge < -0.3 is 4.42 Å². The van der Waals surface area contributed by atoms with Crippen LogP contribution in [-0.4, -0.2) is 29.8 Å².